The molecule has 28 heavy (non-hydrogen) atoms. The molecule has 3 fully saturated rings. The number of hydrogen-bond acceptors (Lipinski definition) is 3. The Morgan fingerprint density at radius 1 is 1.18 bits per heavy atom. The summed E-state index contributed by atoms with van der Waals surface area (Å²) in [6, 6.07) is 8.98. The summed E-state index contributed by atoms with van der Waals surface area (Å²) < 4.78 is 5.67. The van der Waals surface area contributed by atoms with Gasteiger partial charge in [0.2, 0.25) is 0 Å². The van der Waals surface area contributed by atoms with Crippen molar-refractivity contribution in [1.82, 2.24) is 15.1 Å². The number of aryl methyl sites for hydroxylation is 1. The summed E-state index contributed by atoms with van der Waals surface area (Å²) in [5, 5.41) is 3.67. The van der Waals surface area contributed by atoms with Crippen molar-refractivity contribution in [2.45, 2.75) is 39.2 Å². The minimum absolute atomic E-state index is 0.388. The van der Waals surface area contributed by atoms with E-state index >= 15 is 0 Å². The smallest absolute Gasteiger partial charge is 0.193 e. The van der Waals surface area contributed by atoms with Crippen LogP contribution >= 0.6 is 0 Å². The van der Waals surface area contributed by atoms with E-state index in [1.807, 2.05) is 7.05 Å². The lowest BCUT2D eigenvalue weighted by molar-refractivity contribution is 0.156. The molecule has 3 aliphatic rings. The summed E-state index contributed by atoms with van der Waals surface area (Å²) in [5.41, 5.74) is 3.16. The summed E-state index contributed by atoms with van der Waals surface area (Å²) in [6.07, 6.45) is 4.99. The van der Waals surface area contributed by atoms with Crippen LogP contribution in [0.4, 0.5) is 0 Å². The molecule has 1 aromatic carbocycles. The normalized spacial score (nSPS) is 27.1. The Labute approximate surface area is 170 Å². The topological polar surface area (TPSA) is 40.1 Å². The van der Waals surface area contributed by atoms with Gasteiger partial charge in [-0.2, -0.15) is 0 Å². The lowest BCUT2D eigenvalue weighted by Gasteiger charge is -2.33. The van der Waals surface area contributed by atoms with Crippen molar-refractivity contribution < 1.29 is 4.74 Å². The molecule has 0 saturated carbocycles. The van der Waals surface area contributed by atoms with E-state index in [1.165, 1.54) is 49.9 Å². The number of aliphatic imine (C=N–C) groups is 1. The van der Waals surface area contributed by atoms with Crippen LogP contribution in [0.2, 0.25) is 0 Å². The van der Waals surface area contributed by atoms with Gasteiger partial charge in [0, 0.05) is 45.2 Å². The van der Waals surface area contributed by atoms with Gasteiger partial charge < -0.3 is 15.0 Å². The molecule has 1 atom stereocenters. The van der Waals surface area contributed by atoms with E-state index in [0.29, 0.717) is 5.41 Å². The van der Waals surface area contributed by atoms with Crippen LogP contribution in [0.3, 0.4) is 0 Å². The zero-order chi connectivity index (χ0) is 19.4. The molecular formula is C23H36N4O. The largest absolute Gasteiger partial charge is 0.381 e. The van der Waals surface area contributed by atoms with Crippen LogP contribution in [-0.2, 0) is 11.3 Å². The molecule has 4 rings (SSSR count). The van der Waals surface area contributed by atoms with E-state index in [-0.39, 0.29) is 0 Å². The van der Waals surface area contributed by atoms with Gasteiger partial charge in [-0.3, -0.25) is 9.89 Å². The van der Waals surface area contributed by atoms with E-state index in [1.54, 1.807) is 0 Å². The predicted octanol–water partition coefficient (Wildman–Crippen LogP) is 2.89. The van der Waals surface area contributed by atoms with Crippen molar-refractivity contribution >= 4 is 5.96 Å². The molecule has 1 aromatic rings. The van der Waals surface area contributed by atoms with Crippen molar-refractivity contribution in [3.8, 4) is 0 Å². The quantitative estimate of drug-likeness (QED) is 0.640. The van der Waals surface area contributed by atoms with Gasteiger partial charge in [-0.05, 0) is 57.2 Å². The Morgan fingerprint density at radius 2 is 1.96 bits per heavy atom. The summed E-state index contributed by atoms with van der Waals surface area (Å²) >= 11 is 0. The van der Waals surface area contributed by atoms with Crippen molar-refractivity contribution in [2.24, 2.45) is 16.3 Å². The summed E-state index contributed by atoms with van der Waals surface area (Å²) in [6.45, 7) is 10.7. The second kappa shape index (κ2) is 8.83. The number of rotatable bonds is 4. The summed E-state index contributed by atoms with van der Waals surface area (Å²) in [5.74, 6) is 1.84. The highest BCUT2D eigenvalue weighted by molar-refractivity contribution is 5.80. The number of nitrogens with one attached hydrogen (secondary N) is 1. The maximum atomic E-state index is 5.67. The number of guanidine groups is 1. The van der Waals surface area contributed by atoms with Gasteiger partial charge >= 0.3 is 0 Å². The Hall–Kier alpha value is -1.59. The van der Waals surface area contributed by atoms with Gasteiger partial charge in [-0.25, -0.2) is 0 Å². The number of hydrogen-bond donors (Lipinski definition) is 1. The molecule has 5 heteroatoms. The molecule has 1 spiro atoms. The van der Waals surface area contributed by atoms with Crippen LogP contribution in [0, 0.1) is 18.3 Å². The van der Waals surface area contributed by atoms with E-state index < -0.39 is 0 Å². The molecule has 5 nitrogen and oxygen atoms in total. The zero-order valence-corrected chi connectivity index (χ0v) is 17.6. The highest BCUT2D eigenvalue weighted by Gasteiger charge is 2.42. The molecule has 0 aliphatic carbocycles. The molecule has 0 aromatic heterocycles. The lowest BCUT2D eigenvalue weighted by atomic mass is 9.87. The van der Waals surface area contributed by atoms with Crippen LogP contribution in [0.5, 0.6) is 0 Å². The molecule has 3 saturated heterocycles. The van der Waals surface area contributed by atoms with Gasteiger partial charge in [0.1, 0.15) is 0 Å². The van der Waals surface area contributed by atoms with Crippen LogP contribution in [0.1, 0.15) is 36.8 Å². The van der Waals surface area contributed by atoms with Crippen molar-refractivity contribution in [3.63, 3.8) is 0 Å². The average Bonchev–Trinajstić information content (AvgIpc) is 3.35. The van der Waals surface area contributed by atoms with E-state index in [2.05, 4.69) is 51.3 Å². The molecule has 3 heterocycles. The highest BCUT2D eigenvalue weighted by atomic mass is 16.5. The predicted molar refractivity (Wildman–Crippen MR) is 115 cm³/mol. The lowest BCUT2D eigenvalue weighted by Crippen LogP contribution is -2.44. The Morgan fingerprint density at radius 3 is 2.64 bits per heavy atom. The minimum Gasteiger partial charge on any atom is -0.381 e. The van der Waals surface area contributed by atoms with Crippen molar-refractivity contribution in [3.05, 3.63) is 35.4 Å². The zero-order valence-electron chi connectivity index (χ0n) is 17.6. The van der Waals surface area contributed by atoms with E-state index in [0.717, 1.165) is 51.3 Å². The fourth-order valence-corrected chi connectivity index (χ4v) is 4.96. The fourth-order valence-electron chi connectivity index (χ4n) is 4.96. The van der Waals surface area contributed by atoms with Crippen LogP contribution in [-0.4, -0.2) is 68.7 Å². The first-order valence-corrected chi connectivity index (χ1v) is 11.0. The van der Waals surface area contributed by atoms with Gasteiger partial charge in [-0.1, -0.05) is 29.8 Å². The van der Waals surface area contributed by atoms with E-state index in [4.69, 9.17) is 4.74 Å². The number of nitrogens with zero attached hydrogens (tertiary/aromatic N) is 3. The van der Waals surface area contributed by atoms with Gasteiger partial charge in [0.05, 0.1) is 6.61 Å². The molecule has 3 aliphatic heterocycles. The van der Waals surface area contributed by atoms with Crippen LogP contribution in [0.15, 0.2) is 29.3 Å². The number of piperidine rings is 1. The third-order valence-electron chi connectivity index (χ3n) is 6.92. The SMILES string of the molecule is CN=C(NCC1CCN(Cc2ccc(C)cc2)CC1)N1CCC2(CCOC2)C1. The molecule has 0 radical (unpaired) electrons. The first kappa shape index (κ1) is 19.7. The number of benzene rings is 1. The monoisotopic (exact) mass is 384 g/mol. The molecule has 1 N–H and O–H groups in total. The molecular weight excluding hydrogens is 348 g/mol. The molecule has 154 valence electrons. The molecule has 0 amide bonds. The second-order valence-electron chi connectivity index (χ2n) is 9.11. The minimum atomic E-state index is 0.388. The summed E-state index contributed by atoms with van der Waals surface area (Å²) in [7, 11) is 1.92. The third kappa shape index (κ3) is 4.69. The van der Waals surface area contributed by atoms with Crippen molar-refractivity contribution in [2.75, 3.05) is 53.0 Å². The summed E-state index contributed by atoms with van der Waals surface area (Å²) in [4.78, 5) is 9.61. The number of likely N-dealkylation sites (tertiary alicyclic amines) is 2. The Kier molecular flexibility index (Phi) is 6.22. The fraction of sp³-hybridized carbons (Fsp3) is 0.696. The third-order valence-corrected chi connectivity index (χ3v) is 6.92. The highest BCUT2D eigenvalue weighted by Crippen LogP contribution is 2.38. The van der Waals surface area contributed by atoms with Gasteiger partial charge in [0.25, 0.3) is 0 Å². The second-order valence-corrected chi connectivity index (χ2v) is 9.11. The number of ether oxygens (including phenoxy) is 1. The van der Waals surface area contributed by atoms with E-state index in [9.17, 15) is 0 Å². The standard InChI is InChI=1S/C23H36N4O/c1-19-3-5-21(6-4-19)16-26-11-7-20(8-12-26)15-25-22(24-2)27-13-9-23(17-27)10-14-28-18-23/h3-6,20H,7-18H2,1-2H3,(H,24,25). The maximum absolute atomic E-state index is 5.67. The molecule has 0 bridgehead atoms. The maximum Gasteiger partial charge on any atom is 0.193 e. The van der Waals surface area contributed by atoms with Crippen LogP contribution < -0.4 is 5.32 Å². The first-order valence-electron chi connectivity index (χ1n) is 11.0. The van der Waals surface area contributed by atoms with Crippen LogP contribution in [0.25, 0.3) is 0 Å². The Balaban J connectivity index is 1.20. The molecule has 1 unspecified atom stereocenters. The van der Waals surface area contributed by atoms with Gasteiger partial charge in [-0.15, -0.1) is 0 Å². The first-order chi connectivity index (χ1) is 13.7. The van der Waals surface area contributed by atoms with Gasteiger partial charge in [0.15, 0.2) is 5.96 Å². The van der Waals surface area contributed by atoms with Crippen molar-refractivity contribution in [1.29, 1.82) is 0 Å². The Bertz CT molecular complexity index is 658. The average molecular weight is 385 g/mol.